The molecular formula is C25H25F3N4O4S. The summed E-state index contributed by atoms with van der Waals surface area (Å²) in [6, 6.07) is 14.9. The minimum Gasteiger partial charge on any atom is -0.330 e. The highest BCUT2D eigenvalue weighted by molar-refractivity contribution is 7.89. The van der Waals surface area contributed by atoms with Gasteiger partial charge in [-0.1, -0.05) is 36.4 Å². The number of benzene rings is 2. The molecule has 1 unspecified atom stereocenters. The number of hydrogen-bond acceptors (Lipinski definition) is 5. The summed E-state index contributed by atoms with van der Waals surface area (Å²) in [7, 11) is -4.06. The van der Waals surface area contributed by atoms with Crippen LogP contribution in [0.5, 0.6) is 0 Å². The molecule has 37 heavy (non-hydrogen) atoms. The number of aryl methyl sites for hydroxylation is 1. The number of hydrogen-bond donors (Lipinski definition) is 2. The number of alkyl halides is 3. The standard InChI is InChI=1S/C25H25F3N4O4S/c1-17-10-11-21(24(34)32(17)20-9-5-8-19(16-20)25(26,27)28)22(33)30-23(18-6-3-2-4-7-18)37(35,36)31-14-12-29-13-15-31/h2-11,16,23,29H,12-15H2,1H3,(H,30,33). The predicted octanol–water partition coefficient (Wildman–Crippen LogP) is 2.83. The van der Waals surface area contributed by atoms with Crippen molar-refractivity contribution in [3.8, 4) is 5.69 Å². The zero-order chi connectivity index (χ0) is 26.8. The molecule has 1 fully saturated rings. The first kappa shape index (κ1) is 26.6. The van der Waals surface area contributed by atoms with Crippen molar-refractivity contribution in [2.75, 3.05) is 26.2 Å². The highest BCUT2D eigenvalue weighted by atomic mass is 32.2. The smallest absolute Gasteiger partial charge is 0.330 e. The van der Waals surface area contributed by atoms with Crippen LogP contribution in [0, 0.1) is 6.92 Å². The second-order valence-electron chi connectivity index (χ2n) is 8.54. The molecule has 12 heteroatoms. The van der Waals surface area contributed by atoms with Gasteiger partial charge in [0.15, 0.2) is 5.37 Å². The fourth-order valence-corrected chi connectivity index (χ4v) is 5.89. The third-order valence-electron chi connectivity index (χ3n) is 6.05. The quantitative estimate of drug-likeness (QED) is 0.507. The number of aromatic nitrogens is 1. The number of carbonyl (C=O) groups excluding carboxylic acids is 1. The average Bonchev–Trinajstić information content (AvgIpc) is 2.88. The van der Waals surface area contributed by atoms with E-state index in [0.29, 0.717) is 24.3 Å². The maximum Gasteiger partial charge on any atom is 0.416 e. The second kappa shape index (κ2) is 10.5. The summed E-state index contributed by atoms with van der Waals surface area (Å²) in [4.78, 5) is 26.6. The molecule has 2 N–H and O–H groups in total. The Hall–Kier alpha value is -3.48. The lowest BCUT2D eigenvalue weighted by Gasteiger charge is -2.31. The van der Waals surface area contributed by atoms with Gasteiger partial charge in [-0.05, 0) is 42.8 Å². The van der Waals surface area contributed by atoms with E-state index >= 15 is 0 Å². The van der Waals surface area contributed by atoms with Gasteiger partial charge < -0.3 is 10.6 Å². The zero-order valence-corrected chi connectivity index (χ0v) is 20.6. The van der Waals surface area contributed by atoms with Crippen molar-refractivity contribution in [2.45, 2.75) is 18.5 Å². The van der Waals surface area contributed by atoms with Crippen LogP contribution in [-0.4, -0.2) is 49.4 Å². The maximum atomic E-state index is 13.5. The number of carbonyl (C=O) groups is 1. The molecule has 0 aliphatic carbocycles. The zero-order valence-electron chi connectivity index (χ0n) is 19.8. The van der Waals surface area contributed by atoms with Crippen LogP contribution < -0.4 is 16.2 Å². The Morgan fingerprint density at radius 2 is 1.68 bits per heavy atom. The van der Waals surface area contributed by atoms with Gasteiger partial charge in [-0.25, -0.2) is 8.42 Å². The Morgan fingerprint density at radius 1 is 1.00 bits per heavy atom. The number of halogens is 3. The van der Waals surface area contributed by atoms with E-state index in [1.165, 1.54) is 35.5 Å². The van der Waals surface area contributed by atoms with Crippen molar-refractivity contribution in [2.24, 2.45) is 0 Å². The van der Waals surface area contributed by atoms with Gasteiger partial charge in [-0.3, -0.25) is 14.2 Å². The lowest BCUT2D eigenvalue weighted by Crippen LogP contribution is -2.50. The number of amides is 1. The molecule has 8 nitrogen and oxygen atoms in total. The number of piperazine rings is 1. The predicted molar refractivity (Wildman–Crippen MR) is 132 cm³/mol. The van der Waals surface area contributed by atoms with Crippen LogP contribution in [-0.2, 0) is 16.2 Å². The summed E-state index contributed by atoms with van der Waals surface area (Å²) in [5, 5.41) is 4.08. The highest BCUT2D eigenvalue weighted by Gasteiger charge is 2.36. The molecule has 196 valence electrons. The summed E-state index contributed by atoms with van der Waals surface area (Å²) >= 11 is 0. The molecule has 1 saturated heterocycles. The monoisotopic (exact) mass is 534 g/mol. The first-order valence-electron chi connectivity index (χ1n) is 11.5. The Morgan fingerprint density at radius 3 is 2.32 bits per heavy atom. The fourth-order valence-electron chi connectivity index (χ4n) is 4.15. The highest BCUT2D eigenvalue weighted by Crippen LogP contribution is 2.30. The van der Waals surface area contributed by atoms with Crippen LogP contribution in [0.3, 0.4) is 0 Å². The Bertz CT molecular complexity index is 1450. The molecule has 1 atom stereocenters. The Kier molecular flexibility index (Phi) is 7.53. The Balaban J connectivity index is 1.73. The van der Waals surface area contributed by atoms with Crippen molar-refractivity contribution in [3.63, 3.8) is 0 Å². The van der Waals surface area contributed by atoms with Crippen molar-refractivity contribution in [1.29, 1.82) is 0 Å². The fraction of sp³-hybridized carbons (Fsp3) is 0.280. The van der Waals surface area contributed by atoms with Gasteiger partial charge in [-0.15, -0.1) is 0 Å². The van der Waals surface area contributed by atoms with Gasteiger partial charge in [0.25, 0.3) is 11.5 Å². The first-order chi connectivity index (χ1) is 17.5. The summed E-state index contributed by atoms with van der Waals surface area (Å²) < 4.78 is 69.0. The molecule has 0 spiro atoms. The lowest BCUT2D eigenvalue weighted by atomic mass is 10.1. The first-order valence-corrected chi connectivity index (χ1v) is 13.0. The molecule has 4 rings (SSSR count). The number of nitrogens with zero attached hydrogens (tertiary/aromatic N) is 2. The van der Waals surface area contributed by atoms with E-state index in [1.807, 2.05) is 0 Å². The van der Waals surface area contributed by atoms with E-state index in [0.717, 1.165) is 16.7 Å². The third-order valence-corrected chi connectivity index (χ3v) is 8.12. The van der Waals surface area contributed by atoms with E-state index in [4.69, 9.17) is 0 Å². The van der Waals surface area contributed by atoms with Crippen LogP contribution in [0.4, 0.5) is 13.2 Å². The molecule has 0 bridgehead atoms. The van der Waals surface area contributed by atoms with E-state index < -0.39 is 44.2 Å². The van der Waals surface area contributed by atoms with Gasteiger partial charge in [0.1, 0.15) is 5.56 Å². The minimum atomic E-state index is -4.62. The molecular weight excluding hydrogens is 509 g/mol. The molecule has 1 amide bonds. The second-order valence-corrected chi connectivity index (χ2v) is 10.6. The minimum absolute atomic E-state index is 0.0694. The topological polar surface area (TPSA) is 101 Å². The molecule has 1 aliphatic heterocycles. The van der Waals surface area contributed by atoms with Crippen LogP contribution in [0.1, 0.15) is 32.6 Å². The largest absolute Gasteiger partial charge is 0.416 e. The van der Waals surface area contributed by atoms with Crippen molar-refractivity contribution < 1.29 is 26.4 Å². The van der Waals surface area contributed by atoms with Crippen LogP contribution >= 0.6 is 0 Å². The number of rotatable bonds is 6. The van der Waals surface area contributed by atoms with Crippen LogP contribution in [0.15, 0.2) is 71.5 Å². The van der Waals surface area contributed by atoms with Gasteiger partial charge >= 0.3 is 6.18 Å². The van der Waals surface area contributed by atoms with E-state index in [9.17, 15) is 31.2 Å². The summed E-state index contributed by atoms with van der Waals surface area (Å²) in [6.45, 7) is 2.86. The molecule has 3 aromatic rings. The van der Waals surface area contributed by atoms with Crippen LogP contribution in [0.25, 0.3) is 5.69 Å². The molecule has 0 radical (unpaired) electrons. The summed E-state index contributed by atoms with van der Waals surface area (Å²) in [5.41, 5.74) is -1.69. The molecule has 1 aromatic heterocycles. The summed E-state index contributed by atoms with van der Waals surface area (Å²) in [6.07, 6.45) is -4.62. The van der Waals surface area contributed by atoms with Crippen molar-refractivity contribution in [1.82, 2.24) is 19.5 Å². The van der Waals surface area contributed by atoms with Gasteiger partial charge in [0.2, 0.25) is 10.0 Å². The van der Waals surface area contributed by atoms with E-state index in [-0.39, 0.29) is 18.8 Å². The normalized spacial score (nSPS) is 15.8. The van der Waals surface area contributed by atoms with Crippen LogP contribution in [0.2, 0.25) is 0 Å². The SMILES string of the molecule is Cc1ccc(C(=O)NC(c2ccccc2)S(=O)(=O)N2CCNCC2)c(=O)n1-c1cccc(C(F)(F)F)c1. The van der Waals surface area contributed by atoms with Gasteiger partial charge in [-0.2, -0.15) is 17.5 Å². The molecule has 1 aliphatic rings. The van der Waals surface area contributed by atoms with Crippen molar-refractivity contribution >= 4 is 15.9 Å². The molecule has 0 saturated carbocycles. The van der Waals surface area contributed by atoms with E-state index in [1.54, 1.807) is 30.3 Å². The number of nitrogens with one attached hydrogen (secondary N) is 2. The average molecular weight is 535 g/mol. The molecule has 2 aromatic carbocycles. The molecule has 2 heterocycles. The van der Waals surface area contributed by atoms with Gasteiger partial charge in [0.05, 0.1) is 5.56 Å². The maximum absolute atomic E-state index is 13.5. The Labute approximate surface area is 211 Å². The van der Waals surface area contributed by atoms with Crippen molar-refractivity contribution in [3.05, 3.63) is 99.5 Å². The summed E-state index contributed by atoms with van der Waals surface area (Å²) in [5.74, 6) is -0.960. The van der Waals surface area contributed by atoms with Gasteiger partial charge in [0, 0.05) is 37.6 Å². The van der Waals surface area contributed by atoms with E-state index in [2.05, 4.69) is 10.6 Å². The number of pyridine rings is 1. The number of sulfonamides is 1. The lowest BCUT2D eigenvalue weighted by molar-refractivity contribution is -0.137. The third kappa shape index (κ3) is 5.60.